The lowest BCUT2D eigenvalue weighted by Gasteiger charge is -2.37. The standard InChI is InChI=1S/C3H9F3O3Si3/c1-10(4)7-11(2,5)9-12(3,6)8-10/h1-3H3. The zero-order chi connectivity index (χ0) is 9.62. The van der Waals surface area contributed by atoms with Gasteiger partial charge in [-0.25, -0.2) is 12.3 Å². The molecule has 0 spiro atoms. The molecule has 1 aliphatic rings. The van der Waals surface area contributed by atoms with Gasteiger partial charge in [0, 0.05) is 19.6 Å². The lowest BCUT2D eigenvalue weighted by atomic mass is 11.9. The molecule has 12 heavy (non-hydrogen) atoms. The van der Waals surface area contributed by atoms with Crippen LogP contribution in [0.1, 0.15) is 0 Å². The summed E-state index contributed by atoms with van der Waals surface area (Å²) < 4.78 is 52.1. The summed E-state index contributed by atoms with van der Waals surface area (Å²) in [5, 5.41) is 0. The van der Waals surface area contributed by atoms with E-state index in [1.54, 1.807) is 0 Å². The minimum absolute atomic E-state index is 0.950. The predicted molar refractivity (Wildman–Crippen MR) is 41.4 cm³/mol. The largest absolute Gasteiger partial charge is 0.522 e. The average Bonchev–Trinajstić information content (AvgIpc) is 1.44. The Morgan fingerprint density at radius 2 is 0.833 bits per heavy atom. The molecule has 0 amide bonds. The van der Waals surface area contributed by atoms with Gasteiger partial charge in [-0.2, -0.15) is 0 Å². The molecule has 1 rings (SSSR count). The summed E-state index contributed by atoms with van der Waals surface area (Å²) in [7, 11) is -12.3. The van der Waals surface area contributed by atoms with E-state index < -0.39 is 26.7 Å². The molecule has 0 bridgehead atoms. The second-order valence-electron chi connectivity index (χ2n) is 2.81. The molecule has 1 heterocycles. The Bertz CT molecular complexity index is 151. The van der Waals surface area contributed by atoms with Gasteiger partial charge >= 0.3 is 26.7 Å². The topological polar surface area (TPSA) is 27.7 Å². The molecule has 1 aliphatic heterocycles. The Kier molecular flexibility index (Phi) is 2.30. The zero-order valence-corrected chi connectivity index (χ0v) is 9.86. The van der Waals surface area contributed by atoms with E-state index in [-0.39, 0.29) is 0 Å². The van der Waals surface area contributed by atoms with E-state index in [1.807, 2.05) is 0 Å². The van der Waals surface area contributed by atoms with Gasteiger partial charge < -0.3 is 12.3 Å². The van der Waals surface area contributed by atoms with Crippen molar-refractivity contribution in [2.45, 2.75) is 19.6 Å². The SMILES string of the molecule is C[Si]1(F)O[Si](C)(F)O[Si](C)(F)O1. The second kappa shape index (κ2) is 2.65. The van der Waals surface area contributed by atoms with Crippen LogP contribution in [0.15, 0.2) is 0 Å². The minimum atomic E-state index is -4.11. The third kappa shape index (κ3) is 2.67. The first-order chi connectivity index (χ1) is 5.12. The molecular formula is C3H9F3O3Si3. The molecule has 1 fully saturated rings. The van der Waals surface area contributed by atoms with E-state index in [4.69, 9.17) is 0 Å². The maximum atomic E-state index is 13.1. The Balaban J connectivity index is 2.81. The van der Waals surface area contributed by atoms with Gasteiger partial charge in [-0.15, -0.1) is 0 Å². The maximum Gasteiger partial charge on any atom is 0.522 e. The average molecular weight is 234 g/mol. The van der Waals surface area contributed by atoms with Crippen LogP contribution in [-0.4, -0.2) is 26.7 Å². The van der Waals surface area contributed by atoms with Crippen molar-refractivity contribution in [1.82, 2.24) is 0 Å². The summed E-state index contributed by atoms with van der Waals surface area (Å²) in [6, 6.07) is 0. The second-order valence-corrected chi connectivity index (χ2v) is 10.3. The van der Waals surface area contributed by atoms with Crippen LogP contribution >= 0.6 is 0 Å². The van der Waals surface area contributed by atoms with Gasteiger partial charge in [0.2, 0.25) is 0 Å². The number of halogens is 3. The molecule has 3 nitrogen and oxygen atoms in total. The molecule has 0 N–H and O–H groups in total. The predicted octanol–water partition coefficient (Wildman–Crippen LogP) is 1.66. The first kappa shape index (κ1) is 10.4. The fraction of sp³-hybridized carbons (Fsp3) is 1.00. The molecule has 0 aliphatic carbocycles. The summed E-state index contributed by atoms with van der Waals surface area (Å²) >= 11 is 0. The van der Waals surface area contributed by atoms with Gasteiger partial charge in [-0.3, -0.25) is 0 Å². The van der Waals surface area contributed by atoms with Crippen LogP contribution < -0.4 is 0 Å². The highest BCUT2D eigenvalue weighted by molar-refractivity contribution is 6.87. The van der Waals surface area contributed by atoms with E-state index >= 15 is 0 Å². The molecule has 0 aromatic heterocycles. The Labute approximate surface area is 71.7 Å². The number of hydrogen-bond donors (Lipinski definition) is 0. The minimum Gasteiger partial charge on any atom is -0.367 e. The van der Waals surface area contributed by atoms with Gasteiger partial charge in [-0.1, -0.05) is 0 Å². The highest BCUT2D eigenvalue weighted by Crippen LogP contribution is 2.32. The van der Waals surface area contributed by atoms with Crippen LogP contribution in [0.4, 0.5) is 12.3 Å². The van der Waals surface area contributed by atoms with Crippen LogP contribution in [0.2, 0.25) is 19.6 Å². The molecule has 0 radical (unpaired) electrons. The first-order valence-electron chi connectivity index (χ1n) is 3.29. The van der Waals surface area contributed by atoms with E-state index in [0.29, 0.717) is 0 Å². The molecule has 72 valence electrons. The van der Waals surface area contributed by atoms with Gasteiger partial charge in [0.15, 0.2) is 0 Å². The van der Waals surface area contributed by atoms with Crippen molar-refractivity contribution in [3.63, 3.8) is 0 Å². The number of rotatable bonds is 0. The summed E-state index contributed by atoms with van der Waals surface area (Å²) in [6.07, 6.45) is 0. The van der Waals surface area contributed by atoms with Crippen LogP contribution in [0, 0.1) is 0 Å². The number of hydrogen-bond acceptors (Lipinski definition) is 3. The molecule has 1 saturated heterocycles. The van der Waals surface area contributed by atoms with Gasteiger partial charge in [-0.05, 0) is 0 Å². The molecule has 9 heteroatoms. The molecule has 0 unspecified atom stereocenters. The van der Waals surface area contributed by atoms with E-state index in [9.17, 15) is 12.3 Å². The third-order valence-corrected chi connectivity index (χ3v) is 9.84. The van der Waals surface area contributed by atoms with Crippen molar-refractivity contribution in [2.75, 3.05) is 0 Å². The first-order valence-corrected chi connectivity index (χ1v) is 9.88. The van der Waals surface area contributed by atoms with Crippen molar-refractivity contribution in [3.8, 4) is 0 Å². The Hall–Kier alpha value is 0.321. The van der Waals surface area contributed by atoms with Crippen molar-refractivity contribution in [2.24, 2.45) is 0 Å². The summed E-state index contributed by atoms with van der Waals surface area (Å²) in [4.78, 5) is 0. The van der Waals surface area contributed by atoms with Crippen molar-refractivity contribution in [1.29, 1.82) is 0 Å². The zero-order valence-electron chi connectivity index (χ0n) is 6.86. The summed E-state index contributed by atoms with van der Waals surface area (Å²) in [5.41, 5.74) is 0. The van der Waals surface area contributed by atoms with E-state index in [0.717, 1.165) is 19.6 Å². The highest BCUT2D eigenvalue weighted by atomic mass is 28.6. The highest BCUT2D eigenvalue weighted by Gasteiger charge is 2.61. The molecular weight excluding hydrogens is 225 g/mol. The third-order valence-electron chi connectivity index (χ3n) is 1.09. The van der Waals surface area contributed by atoms with Crippen LogP contribution in [0.25, 0.3) is 0 Å². The lowest BCUT2D eigenvalue weighted by molar-refractivity contribution is 0.137. The smallest absolute Gasteiger partial charge is 0.367 e. The van der Waals surface area contributed by atoms with Crippen molar-refractivity contribution in [3.05, 3.63) is 0 Å². The Morgan fingerprint density at radius 3 is 1.00 bits per heavy atom. The summed E-state index contributed by atoms with van der Waals surface area (Å²) in [5.74, 6) is 0. The van der Waals surface area contributed by atoms with Crippen molar-refractivity contribution < 1.29 is 24.7 Å². The normalized spacial score (nSPS) is 55.5. The fourth-order valence-corrected chi connectivity index (χ4v) is 10.5. The molecule has 0 saturated carbocycles. The fourth-order valence-electron chi connectivity index (χ4n) is 1.04. The van der Waals surface area contributed by atoms with Gasteiger partial charge in [0.1, 0.15) is 0 Å². The maximum absolute atomic E-state index is 13.1. The molecule has 0 atom stereocenters. The van der Waals surface area contributed by atoms with Crippen LogP contribution in [0.5, 0.6) is 0 Å². The van der Waals surface area contributed by atoms with Crippen LogP contribution in [0.3, 0.4) is 0 Å². The van der Waals surface area contributed by atoms with Crippen LogP contribution in [-0.2, 0) is 12.3 Å². The summed E-state index contributed by atoms with van der Waals surface area (Å²) in [6.45, 7) is 2.85. The van der Waals surface area contributed by atoms with E-state index in [2.05, 4.69) is 12.3 Å². The quantitative estimate of drug-likeness (QED) is 0.471. The molecule has 0 aromatic rings. The van der Waals surface area contributed by atoms with Gasteiger partial charge in [0.05, 0.1) is 0 Å². The monoisotopic (exact) mass is 234 g/mol. The van der Waals surface area contributed by atoms with E-state index in [1.165, 1.54) is 0 Å². The van der Waals surface area contributed by atoms with Crippen molar-refractivity contribution >= 4 is 26.7 Å². The Morgan fingerprint density at radius 1 is 0.667 bits per heavy atom. The lowest BCUT2D eigenvalue weighted by Crippen LogP contribution is -2.62. The van der Waals surface area contributed by atoms with Gasteiger partial charge in [0.25, 0.3) is 0 Å². The molecule has 0 aromatic carbocycles.